The van der Waals surface area contributed by atoms with Crippen LogP contribution in [-0.4, -0.2) is 32.0 Å². The minimum Gasteiger partial charge on any atom is -0.351 e. The van der Waals surface area contributed by atoms with Gasteiger partial charge < -0.3 is 5.32 Å². The van der Waals surface area contributed by atoms with Crippen LogP contribution in [-0.2, 0) is 0 Å². The summed E-state index contributed by atoms with van der Waals surface area (Å²) < 4.78 is 1.17. The Bertz CT molecular complexity index is 643. The standard InChI is InChI=1S/C12H15N5O2/c1-2-3-4-5-6-13-11(19)9-7-10(18)17-12(16-9)14-8-15-17/h2,7-8H,1,3-6H2,(H,13,19)(H,14,15,16). The third-order valence-corrected chi connectivity index (χ3v) is 2.62. The number of unbranched alkanes of at least 4 members (excludes halogenated alkanes) is 2. The van der Waals surface area contributed by atoms with Crippen molar-refractivity contribution < 1.29 is 4.79 Å². The number of carbonyl (C=O) groups excluding carboxylic acids is 1. The number of hydrogen-bond donors (Lipinski definition) is 2. The molecule has 0 saturated heterocycles. The average Bonchev–Trinajstić information content (AvgIpc) is 2.87. The molecule has 0 unspecified atom stereocenters. The van der Waals surface area contributed by atoms with Crippen molar-refractivity contribution in [2.45, 2.75) is 19.3 Å². The normalized spacial score (nSPS) is 10.5. The molecule has 2 aromatic rings. The maximum Gasteiger partial charge on any atom is 0.274 e. The van der Waals surface area contributed by atoms with Crippen LogP contribution < -0.4 is 10.9 Å². The Labute approximate surface area is 109 Å². The Morgan fingerprint density at radius 3 is 3.16 bits per heavy atom. The summed E-state index contributed by atoms with van der Waals surface area (Å²) in [5.41, 5.74) is -0.278. The third-order valence-electron chi connectivity index (χ3n) is 2.62. The van der Waals surface area contributed by atoms with Crippen molar-refractivity contribution in [1.82, 2.24) is 24.9 Å². The summed E-state index contributed by atoms with van der Waals surface area (Å²) >= 11 is 0. The fourth-order valence-corrected chi connectivity index (χ4v) is 1.64. The summed E-state index contributed by atoms with van der Waals surface area (Å²) in [5, 5.41) is 5.33. The first-order chi connectivity index (χ1) is 9.22. The van der Waals surface area contributed by atoms with Crippen molar-refractivity contribution >= 4 is 11.7 Å². The van der Waals surface area contributed by atoms with Gasteiger partial charge in [0.25, 0.3) is 17.2 Å². The summed E-state index contributed by atoms with van der Waals surface area (Å²) in [5.74, 6) is -0.175. The SMILES string of the molecule is C=CCCCCNC(=O)c1cc(=O)n2[nH]cnc2n1. The number of aromatic nitrogens is 4. The predicted molar refractivity (Wildman–Crippen MR) is 70.0 cm³/mol. The maximum atomic E-state index is 11.8. The second-order valence-electron chi connectivity index (χ2n) is 4.04. The topological polar surface area (TPSA) is 92.2 Å². The van der Waals surface area contributed by atoms with Crippen molar-refractivity contribution in [3.63, 3.8) is 0 Å². The van der Waals surface area contributed by atoms with Gasteiger partial charge in [0.1, 0.15) is 12.0 Å². The van der Waals surface area contributed by atoms with Gasteiger partial charge in [0.15, 0.2) is 0 Å². The van der Waals surface area contributed by atoms with E-state index in [0.717, 1.165) is 19.3 Å². The fourth-order valence-electron chi connectivity index (χ4n) is 1.64. The molecule has 0 saturated carbocycles. The van der Waals surface area contributed by atoms with E-state index in [0.29, 0.717) is 6.54 Å². The molecule has 0 aliphatic carbocycles. The molecule has 19 heavy (non-hydrogen) atoms. The largest absolute Gasteiger partial charge is 0.351 e. The van der Waals surface area contributed by atoms with Gasteiger partial charge in [-0.1, -0.05) is 6.08 Å². The van der Waals surface area contributed by atoms with E-state index in [-0.39, 0.29) is 22.9 Å². The lowest BCUT2D eigenvalue weighted by Gasteiger charge is -2.03. The molecule has 2 heterocycles. The number of amides is 1. The molecule has 0 aliphatic rings. The van der Waals surface area contributed by atoms with Gasteiger partial charge in [0.05, 0.1) is 0 Å². The quantitative estimate of drug-likeness (QED) is 0.585. The molecular formula is C12H15N5O2. The number of carbonyl (C=O) groups is 1. The Kier molecular flexibility index (Phi) is 4.07. The molecule has 7 heteroatoms. The van der Waals surface area contributed by atoms with E-state index in [1.807, 2.05) is 6.08 Å². The minimum absolute atomic E-state index is 0.0841. The Morgan fingerprint density at radius 2 is 2.37 bits per heavy atom. The summed E-state index contributed by atoms with van der Waals surface area (Å²) in [4.78, 5) is 31.3. The molecule has 0 fully saturated rings. The molecule has 0 aromatic carbocycles. The Morgan fingerprint density at radius 1 is 1.53 bits per heavy atom. The van der Waals surface area contributed by atoms with Gasteiger partial charge in [-0.25, -0.2) is 9.97 Å². The van der Waals surface area contributed by atoms with Gasteiger partial charge in [-0.15, -0.1) is 6.58 Å². The highest BCUT2D eigenvalue weighted by Gasteiger charge is 2.10. The van der Waals surface area contributed by atoms with Crippen LogP contribution in [0.25, 0.3) is 5.78 Å². The van der Waals surface area contributed by atoms with E-state index in [1.165, 1.54) is 16.9 Å². The van der Waals surface area contributed by atoms with Crippen LogP contribution in [0.2, 0.25) is 0 Å². The van der Waals surface area contributed by atoms with Gasteiger partial charge >= 0.3 is 0 Å². The summed E-state index contributed by atoms with van der Waals surface area (Å²) in [6, 6.07) is 1.18. The molecular weight excluding hydrogens is 246 g/mol. The highest BCUT2D eigenvalue weighted by Crippen LogP contribution is 1.96. The predicted octanol–water partition coefficient (Wildman–Crippen LogP) is 0.504. The second kappa shape index (κ2) is 5.94. The van der Waals surface area contributed by atoms with E-state index in [2.05, 4.69) is 27.0 Å². The smallest absolute Gasteiger partial charge is 0.274 e. The molecule has 2 rings (SSSR count). The zero-order chi connectivity index (χ0) is 13.7. The number of aromatic amines is 1. The number of nitrogens with zero attached hydrogens (tertiary/aromatic N) is 3. The third kappa shape index (κ3) is 3.06. The molecule has 0 radical (unpaired) electrons. The van der Waals surface area contributed by atoms with Crippen LogP contribution in [0.3, 0.4) is 0 Å². The summed E-state index contributed by atoms with van der Waals surface area (Å²) in [6.45, 7) is 4.18. The minimum atomic E-state index is -0.362. The van der Waals surface area contributed by atoms with E-state index < -0.39 is 0 Å². The highest BCUT2D eigenvalue weighted by atomic mass is 16.2. The molecule has 7 nitrogen and oxygen atoms in total. The van der Waals surface area contributed by atoms with Gasteiger partial charge in [0.2, 0.25) is 0 Å². The monoisotopic (exact) mass is 261 g/mol. The van der Waals surface area contributed by atoms with Gasteiger partial charge in [-0.2, -0.15) is 4.52 Å². The Hall–Kier alpha value is -2.44. The molecule has 2 N–H and O–H groups in total. The lowest BCUT2D eigenvalue weighted by molar-refractivity contribution is 0.0948. The molecule has 0 bridgehead atoms. The number of rotatable bonds is 6. The highest BCUT2D eigenvalue weighted by molar-refractivity contribution is 5.92. The van der Waals surface area contributed by atoms with Gasteiger partial charge in [-0.3, -0.25) is 14.7 Å². The van der Waals surface area contributed by atoms with Crippen molar-refractivity contribution in [1.29, 1.82) is 0 Å². The van der Waals surface area contributed by atoms with Crippen LogP contribution in [0.1, 0.15) is 29.8 Å². The van der Waals surface area contributed by atoms with Crippen molar-refractivity contribution in [2.75, 3.05) is 6.54 Å². The molecule has 1 amide bonds. The van der Waals surface area contributed by atoms with E-state index >= 15 is 0 Å². The molecule has 2 aromatic heterocycles. The Balaban J connectivity index is 2.01. The van der Waals surface area contributed by atoms with Gasteiger partial charge in [0, 0.05) is 12.6 Å². The van der Waals surface area contributed by atoms with Crippen LogP contribution in [0.15, 0.2) is 29.8 Å². The second-order valence-corrected chi connectivity index (χ2v) is 4.04. The van der Waals surface area contributed by atoms with Crippen LogP contribution in [0, 0.1) is 0 Å². The number of allylic oxidation sites excluding steroid dienone is 1. The van der Waals surface area contributed by atoms with E-state index in [4.69, 9.17) is 0 Å². The lowest BCUT2D eigenvalue weighted by atomic mass is 10.2. The fraction of sp³-hybridized carbons (Fsp3) is 0.333. The van der Waals surface area contributed by atoms with Crippen LogP contribution in [0.5, 0.6) is 0 Å². The molecule has 0 spiro atoms. The van der Waals surface area contributed by atoms with Crippen molar-refractivity contribution in [3.8, 4) is 0 Å². The maximum absolute atomic E-state index is 11.8. The van der Waals surface area contributed by atoms with Crippen LogP contribution in [0.4, 0.5) is 0 Å². The first-order valence-corrected chi connectivity index (χ1v) is 6.04. The van der Waals surface area contributed by atoms with Crippen LogP contribution >= 0.6 is 0 Å². The van der Waals surface area contributed by atoms with E-state index in [1.54, 1.807) is 0 Å². The summed E-state index contributed by atoms with van der Waals surface area (Å²) in [7, 11) is 0. The number of fused-ring (bicyclic) bond motifs is 1. The molecule has 100 valence electrons. The first-order valence-electron chi connectivity index (χ1n) is 6.04. The average molecular weight is 261 g/mol. The first kappa shape index (κ1) is 13.0. The van der Waals surface area contributed by atoms with Crippen molar-refractivity contribution in [3.05, 3.63) is 41.1 Å². The number of hydrogen-bond acceptors (Lipinski definition) is 4. The molecule has 0 atom stereocenters. The van der Waals surface area contributed by atoms with Crippen molar-refractivity contribution in [2.24, 2.45) is 0 Å². The number of nitrogens with one attached hydrogen (secondary N) is 2. The molecule has 0 aliphatic heterocycles. The van der Waals surface area contributed by atoms with Gasteiger partial charge in [-0.05, 0) is 19.3 Å². The summed E-state index contributed by atoms with van der Waals surface area (Å²) in [6.07, 6.45) is 5.95. The van der Waals surface area contributed by atoms with E-state index in [9.17, 15) is 9.59 Å². The lowest BCUT2D eigenvalue weighted by Crippen LogP contribution is -2.28. The number of H-pyrrole nitrogens is 1. The zero-order valence-corrected chi connectivity index (χ0v) is 10.4. The zero-order valence-electron chi connectivity index (χ0n) is 10.4.